The molecule has 2 aromatic carbocycles. The molecule has 0 amide bonds. The van der Waals surface area contributed by atoms with Crippen molar-refractivity contribution in [2.45, 2.75) is 70.1 Å². The number of aliphatic hydroxyl groups excluding tert-OH is 1. The van der Waals surface area contributed by atoms with E-state index in [4.69, 9.17) is 0 Å². The zero-order valence-electron chi connectivity index (χ0n) is 19.7. The van der Waals surface area contributed by atoms with Gasteiger partial charge in [0.15, 0.2) is 0 Å². The van der Waals surface area contributed by atoms with Crippen LogP contribution >= 0.6 is 0 Å². The molecule has 1 fully saturated rings. The Hall–Kier alpha value is -2.99. The van der Waals surface area contributed by atoms with Crippen LogP contribution < -0.4 is 0 Å². The Bertz CT molecular complexity index is 1330. The van der Waals surface area contributed by atoms with Gasteiger partial charge in [0.2, 0.25) is 0 Å². The van der Waals surface area contributed by atoms with Crippen molar-refractivity contribution < 1.29 is 9.50 Å². The molecule has 2 aliphatic rings. The van der Waals surface area contributed by atoms with Gasteiger partial charge in [-0.15, -0.1) is 0 Å². The number of imidazole rings is 1. The van der Waals surface area contributed by atoms with Gasteiger partial charge in [-0.2, -0.15) is 5.10 Å². The molecule has 0 radical (unpaired) electrons. The molecule has 0 bridgehead atoms. The fourth-order valence-corrected chi connectivity index (χ4v) is 6.23. The summed E-state index contributed by atoms with van der Waals surface area (Å²) in [6.07, 6.45) is 9.70. The second-order valence-corrected chi connectivity index (χ2v) is 10.3. The SMILES string of the molecule is CC(C)n1ncc2cc(C3CCC(C(O)CC4c5c(F)cccc5-c5cncn54)CC3)ccc21. The van der Waals surface area contributed by atoms with Crippen molar-refractivity contribution >= 4 is 10.9 Å². The first-order valence-corrected chi connectivity index (χ1v) is 12.5. The standard InChI is InChI=1S/C28H31FN4O/c1-17(2)33-24-11-10-20(12-21(24)14-31-33)18-6-8-19(9-7-18)27(34)13-25-28-22(4-3-5-23(28)29)26-15-30-16-32(25)26/h3-5,10-12,14-19,25,27,34H,6-9,13H2,1-2H3. The number of halogens is 1. The Kier molecular flexibility index (Phi) is 5.29. The molecule has 2 aromatic heterocycles. The van der Waals surface area contributed by atoms with Crippen molar-refractivity contribution in [1.82, 2.24) is 19.3 Å². The van der Waals surface area contributed by atoms with Gasteiger partial charge in [0, 0.05) is 22.6 Å². The molecule has 2 atom stereocenters. The van der Waals surface area contributed by atoms with Crippen molar-refractivity contribution in [3.63, 3.8) is 0 Å². The molecule has 1 aliphatic heterocycles. The van der Waals surface area contributed by atoms with Crippen LogP contribution in [0.25, 0.3) is 22.2 Å². The molecular weight excluding hydrogens is 427 g/mol. The van der Waals surface area contributed by atoms with Crippen LogP contribution in [0.1, 0.15) is 75.1 Å². The summed E-state index contributed by atoms with van der Waals surface area (Å²) in [6, 6.07) is 12.1. The van der Waals surface area contributed by atoms with Crippen molar-refractivity contribution in [3.8, 4) is 11.3 Å². The molecule has 0 saturated heterocycles. The monoisotopic (exact) mass is 458 g/mol. The first-order valence-electron chi connectivity index (χ1n) is 12.5. The Balaban J connectivity index is 1.14. The number of aliphatic hydroxyl groups is 1. The lowest BCUT2D eigenvalue weighted by Gasteiger charge is -2.33. The molecule has 1 saturated carbocycles. The highest BCUT2D eigenvalue weighted by molar-refractivity contribution is 5.79. The lowest BCUT2D eigenvalue weighted by Crippen LogP contribution is -2.28. The third-order valence-electron chi connectivity index (χ3n) is 8.02. The van der Waals surface area contributed by atoms with Crippen LogP contribution in [0.2, 0.25) is 0 Å². The molecular formula is C28H31FN4O. The summed E-state index contributed by atoms with van der Waals surface area (Å²) >= 11 is 0. The lowest BCUT2D eigenvalue weighted by molar-refractivity contribution is 0.0650. The highest BCUT2D eigenvalue weighted by atomic mass is 19.1. The number of nitrogens with zero attached hydrogens (tertiary/aromatic N) is 4. The van der Waals surface area contributed by atoms with E-state index in [0.717, 1.165) is 36.9 Å². The smallest absolute Gasteiger partial charge is 0.129 e. The van der Waals surface area contributed by atoms with E-state index in [1.807, 2.05) is 16.8 Å². The molecule has 5 nitrogen and oxygen atoms in total. The molecule has 1 N–H and O–H groups in total. The number of rotatable bonds is 5. The summed E-state index contributed by atoms with van der Waals surface area (Å²) in [6.45, 7) is 4.30. The molecule has 6 heteroatoms. The molecule has 3 heterocycles. The van der Waals surface area contributed by atoms with Crippen molar-refractivity contribution in [3.05, 3.63) is 72.1 Å². The van der Waals surface area contributed by atoms with Gasteiger partial charge in [0.25, 0.3) is 0 Å². The third-order valence-corrected chi connectivity index (χ3v) is 8.02. The largest absolute Gasteiger partial charge is 0.393 e. The van der Waals surface area contributed by atoms with Gasteiger partial charge < -0.3 is 9.67 Å². The maximum Gasteiger partial charge on any atom is 0.129 e. The first kappa shape index (κ1) is 21.5. The van der Waals surface area contributed by atoms with Gasteiger partial charge in [-0.05, 0) is 81.5 Å². The van der Waals surface area contributed by atoms with Gasteiger partial charge in [-0.3, -0.25) is 4.68 Å². The normalized spacial score (nSPS) is 22.8. The highest BCUT2D eigenvalue weighted by Gasteiger charge is 2.35. The van der Waals surface area contributed by atoms with E-state index in [1.54, 1.807) is 18.6 Å². The zero-order chi connectivity index (χ0) is 23.4. The summed E-state index contributed by atoms with van der Waals surface area (Å²) in [5, 5.41) is 16.9. The van der Waals surface area contributed by atoms with Crippen LogP contribution in [0.15, 0.2) is 55.1 Å². The van der Waals surface area contributed by atoms with Gasteiger partial charge >= 0.3 is 0 Å². The summed E-state index contributed by atoms with van der Waals surface area (Å²) in [7, 11) is 0. The quantitative estimate of drug-likeness (QED) is 0.385. The molecule has 2 unspecified atom stereocenters. The van der Waals surface area contributed by atoms with Gasteiger partial charge in [0.1, 0.15) is 5.82 Å². The molecule has 6 rings (SSSR count). The molecule has 176 valence electrons. The Morgan fingerprint density at radius 1 is 1.09 bits per heavy atom. The summed E-state index contributed by atoms with van der Waals surface area (Å²) in [5.74, 6) is 0.560. The van der Waals surface area contributed by atoms with E-state index in [1.165, 1.54) is 22.5 Å². The second kappa shape index (κ2) is 8.35. The zero-order valence-corrected chi connectivity index (χ0v) is 19.7. The summed E-state index contributed by atoms with van der Waals surface area (Å²) in [5.41, 5.74) is 5.09. The minimum absolute atomic E-state index is 0.193. The van der Waals surface area contributed by atoms with Crippen molar-refractivity contribution in [1.29, 1.82) is 0 Å². The minimum Gasteiger partial charge on any atom is -0.393 e. The fourth-order valence-electron chi connectivity index (χ4n) is 6.23. The number of hydrogen-bond acceptors (Lipinski definition) is 3. The van der Waals surface area contributed by atoms with Crippen LogP contribution in [0.4, 0.5) is 4.39 Å². The Morgan fingerprint density at radius 3 is 2.71 bits per heavy atom. The van der Waals surface area contributed by atoms with Crippen LogP contribution in [0.3, 0.4) is 0 Å². The molecule has 1 aliphatic carbocycles. The van der Waals surface area contributed by atoms with Gasteiger partial charge in [-0.25, -0.2) is 9.37 Å². The average Bonchev–Trinajstić information content (AvgIpc) is 3.55. The van der Waals surface area contributed by atoms with Gasteiger partial charge in [-0.1, -0.05) is 18.2 Å². The van der Waals surface area contributed by atoms with Gasteiger partial charge in [0.05, 0.1) is 42.1 Å². The number of aromatic nitrogens is 4. The number of hydrogen-bond donors (Lipinski definition) is 1. The number of benzene rings is 2. The average molecular weight is 459 g/mol. The van der Waals surface area contributed by atoms with E-state index in [2.05, 4.69) is 46.8 Å². The maximum atomic E-state index is 14.8. The first-order chi connectivity index (χ1) is 16.5. The predicted octanol–water partition coefficient (Wildman–Crippen LogP) is 6.25. The lowest BCUT2D eigenvalue weighted by atomic mass is 9.75. The molecule has 34 heavy (non-hydrogen) atoms. The van der Waals surface area contributed by atoms with E-state index in [9.17, 15) is 9.50 Å². The van der Waals surface area contributed by atoms with E-state index >= 15 is 0 Å². The van der Waals surface area contributed by atoms with Crippen LogP contribution in [-0.4, -0.2) is 30.5 Å². The van der Waals surface area contributed by atoms with E-state index in [-0.39, 0.29) is 17.8 Å². The fraction of sp³-hybridized carbons (Fsp3) is 0.429. The molecule has 0 spiro atoms. The van der Waals surface area contributed by atoms with Crippen molar-refractivity contribution in [2.75, 3.05) is 0 Å². The molecule has 4 aromatic rings. The van der Waals surface area contributed by atoms with E-state index in [0.29, 0.717) is 23.9 Å². The number of fused-ring (bicyclic) bond motifs is 4. The topological polar surface area (TPSA) is 55.9 Å². The third kappa shape index (κ3) is 3.47. The summed E-state index contributed by atoms with van der Waals surface area (Å²) < 4.78 is 18.8. The van der Waals surface area contributed by atoms with Crippen LogP contribution in [0.5, 0.6) is 0 Å². The summed E-state index contributed by atoms with van der Waals surface area (Å²) in [4.78, 5) is 4.27. The maximum absolute atomic E-state index is 14.8. The highest BCUT2D eigenvalue weighted by Crippen LogP contribution is 2.45. The predicted molar refractivity (Wildman–Crippen MR) is 131 cm³/mol. The van der Waals surface area contributed by atoms with Crippen LogP contribution in [-0.2, 0) is 0 Å². The Labute approximate surface area is 199 Å². The Morgan fingerprint density at radius 2 is 1.91 bits per heavy atom. The van der Waals surface area contributed by atoms with Crippen LogP contribution in [0, 0.1) is 11.7 Å². The second-order valence-electron chi connectivity index (χ2n) is 10.3. The van der Waals surface area contributed by atoms with E-state index < -0.39 is 6.10 Å². The van der Waals surface area contributed by atoms with Crippen molar-refractivity contribution in [2.24, 2.45) is 5.92 Å². The minimum atomic E-state index is -0.460.